The number of fused-ring (bicyclic) bond motifs is 1. The van der Waals surface area contributed by atoms with Gasteiger partial charge in [-0.1, -0.05) is 6.07 Å². The van der Waals surface area contributed by atoms with Crippen molar-refractivity contribution in [2.45, 2.75) is 61.4 Å². The maximum Gasteiger partial charge on any atom is 0.330 e. The number of rotatable bonds is 11. The second-order valence-electron chi connectivity index (χ2n) is 13.0. The molecule has 0 radical (unpaired) electrons. The summed E-state index contributed by atoms with van der Waals surface area (Å²) in [5.74, 6) is -4.65. The first-order valence-electron chi connectivity index (χ1n) is 17.0. The normalized spacial score (nSPS) is 27.7. The summed E-state index contributed by atoms with van der Waals surface area (Å²) in [6.07, 6.45) is -16.7. The fourth-order valence-electron chi connectivity index (χ4n) is 6.14. The third kappa shape index (κ3) is 8.39. The van der Waals surface area contributed by atoms with E-state index in [1.54, 1.807) is 0 Å². The summed E-state index contributed by atoms with van der Waals surface area (Å²) in [4.78, 5) is 26.5. The molecule has 0 spiro atoms. The maximum atomic E-state index is 14.0. The molecule has 3 heterocycles. The second-order valence-corrected chi connectivity index (χ2v) is 13.0. The Labute approximate surface area is 320 Å². The highest BCUT2D eigenvalue weighted by Gasteiger charge is 2.52. The molecule has 306 valence electrons. The van der Waals surface area contributed by atoms with Crippen LogP contribution < -0.4 is 14.9 Å². The van der Waals surface area contributed by atoms with Crippen molar-refractivity contribution in [2.75, 3.05) is 20.3 Å². The van der Waals surface area contributed by atoms with E-state index in [-0.39, 0.29) is 22.6 Å². The van der Waals surface area contributed by atoms with Gasteiger partial charge in [0.2, 0.25) is 17.5 Å². The number of phenols is 5. The van der Waals surface area contributed by atoms with E-state index in [9.17, 15) is 65.8 Å². The molecule has 6 rings (SSSR count). The lowest BCUT2D eigenvalue weighted by Gasteiger charge is -2.45. The van der Waals surface area contributed by atoms with Crippen molar-refractivity contribution >= 4 is 23.0 Å². The third-order valence-electron chi connectivity index (χ3n) is 9.18. The van der Waals surface area contributed by atoms with Crippen LogP contribution in [-0.2, 0) is 23.7 Å². The molecule has 1 aromatic heterocycles. The van der Waals surface area contributed by atoms with Crippen molar-refractivity contribution in [3.63, 3.8) is 0 Å². The molecule has 4 aromatic rings. The number of benzene rings is 3. The summed E-state index contributed by atoms with van der Waals surface area (Å²) in [5.41, 5.74) is -1.12. The molecule has 2 saturated heterocycles. The minimum Gasteiger partial charge on any atom is -0.508 e. The SMILES string of the molecule is COc1cc(C=CC(=O)OC[C@@H]2O[C@H](O[C@@H]3[C@@H](Oc4c(-c5ccc(O)c(O)c5)oc5cc(O)cc(O)c5c4=O)O[C@@H](CO)[C@H](O)[C@H]3O)[C@@H](O)[C@H](O)[C@H]2O)ccc1O. The number of carbonyl (C=O) groups is 1. The van der Waals surface area contributed by atoms with Gasteiger partial charge in [0.05, 0.1) is 13.7 Å². The van der Waals surface area contributed by atoms with Gasteiger partial charge in [0, 0.05) is 23.8 Å². The molecule has 3 aromatic carbocycles. The van der Waals surface area contributed by atoms with Crippen LogP contribution in [0.4, 0.5) is 0 Å². The molecular weight excluding hydrogens is 764 g/mol. The molecule has 0 aliphatic carbocycles. The monoisotopic (exact) mass is 802 g/mol. The Morgan fingerprint density at radius 3 is 2.18 bits per heavy atom. The highest BCUT2D eigenvalue weighted by Crippen LogP contribution is 2.40. The average Bonchev–Trinajstić information content (AvgIpc) is 3.18. The van der Waals surface area contributed by atoms with Crippen molar-refractivity contribution in [1.82, 2.24) is 0 Å². The number of aliphatic hydroxyl groups is 6. The minimum absolute atomic E-state index is 0.104. The Kier molecular flexibility index (Phi) is 12.1. The fraction of sp³-hybridized carbons (Fsp3) is 0.351. The number of methoxy groups -OCH3 is 1. The van der Waals surface area contributed by atoms with Crippen LogP contribution in [0.2, 0.25) is 0 Å². The first-order valence-corrected chi connectivity index (χ1v) is 17.0. The molecule has 11 N–H and O–H groups in total. The van der Waals surface area contributed by atoms with E-state index in [2.05, 4.69) is 0 Å². The van der Waals surface area contributed by atoms with E-state index in [4.69, 9.17) is 32.8 Å². The number of esters is 1. The van der Waals surface area contributed by atoms with E-state index in [1.165, 1.54) is 37.5 Å². The van der Waals surface area contributed by atoms with Crippen molar-refractivity contribution in [3.05, 3.63) is 70.4 Å². The summed E-state index contributed by atoms with van der Waals surface area (Å²) in [5, 5.41) is 114. The fourth-order valence-corrected chi connectivity index (χ4v) is 6.14. The summed E-state index contributed by atoms with van der Waals surface area (Å²) in [7, 11) is 1.34. The predicted molar refractivity (Wildman–Crippen MR) is 189 cm³/mol. The summed E-state index contributed by atoms with van der Waals surface area (Å²) >= 11 is 0. The molecule has 57 heavy (non-hydrogen) atoms. The van der Waals surface area contributed by atoms with Gasteiger partial charge in [-0.2, -0.15) is 0 Å². The van der Waals surface area contributed by atoms with Crippen LogP contribution >= 0.6 is 0 Å². The standard InChI is InChI=1S/C37H38O20/c1-51-21-8-14(2-5-18(21)41)3-7-25(44)52-13-24-28(46)30(48)32(50)36(55-24)57-35-31(49)27(45)23(12-38)54-37(35)56-34-29(47)26-20(43)10-16(39)11-22(26)53-33(34)15-4-6-17(40)19(42)9-15/h2-11,23-24,27-28,30-32,35-43,45-46,48-50H,12-13H2,1H3/t23-,24-,27-,28-,30+,31+,32-,35-,36+,37+/m0/s1. The molecule has 0 bridgehead atoms. The van der Waals surface area contributed by atoms with Crippen LogP contribution in [0, 0.1) is 0 Å². The summed E-state index contributed by atoms with van der Waals surface area (Å²) < 4.78 is 39.0. The van der Waals surface area contributed by atoms with Gasteiger partial charge in [-0.15, -0.1) is 0 Å². The van der Waals surface area contributed by atoms with E-state index in [1.807, 2.05) is 0 Å². The molecule has 20 heteroatoms. The second kappa shape index (κ2) is 16.8. The van der Waals surface area contributed by atoms with E-state index >= 15 is 0 Å². The zero-order valence-corrected chi connectivity index (χ0v) is 29.6. The van der Waals surface area contributed by atoms with Crippen molar-refractivity contribution in [3.8, 4) is 51.6 Å². The van der Waals surface area contributed by atoms with Gasteiger partial charge in [-0.3, -0.25) is 4.79 Å². The lowest BCUT2D eigenvalue weighted by molar-refractivity contribution is -0.358. The van der Waals surface area contributed by atoms with Gasteiger partial charge < -0.3 is 89.0 Å². The lowest BCUT2D eigenvalue weighted by atomic mass is 9.97. The molecular formula is C37H38O20. The van der Waals surface area contributed by atoms with Crippen molar-refractivity contribution < 1.29 is 93.8 Å². The quantitative estimate of drug-likeness (QED) is 0.0505. The topological polar surface area (TPSA) is 325 Å². The lowest BCUT2D eigenvalue weighted by Crippen LogP contribution is -2.65. The van der Waals surface area contributed by atoms with Gasteiger partial charge in [0.1, 0.15) is 71.8 Å². The highest BCUT2D eigenvalue weighted by atomic mass is 16.8. The zero-order valence-electron chi connectivity index (χ0n) is 29.6. The minimum atomic E-state index is -2.07. The molecule has 0 saturated carbocycles. The van der Waals surface area contributed by atoms with Crippen LogP contribution in [0.15, 0.2) is 63.8 Å². The van der Waals surface area contributed by atoms with Gasteiger partial charge in [0.15, 0.2) is 41.2 Å². The maximum absolute atomic E-state index is 14.0. The first kappa shape index (κ1) is 41.0. The molecule has 2 aliphatic heterocycles. The Bertz CT molecular complexity index is 2180. The zero-order chi connectivity index (χ0) is 41.3. The average molecular weight is 803 g/mol. The Morgan fingerprint density at radius 2 is 1.47 bits per heavy atom. The Hall–Kier alpha value is -5.68. The van der Waals surface area contributed by atoms with Gasteiger partial charge in [-0.05, 0) is 42.0 Å². The Balaban J connectivity index is 1.28. The molecule has 0 unspecified atom stereocenters. The van der Waals surface area contributed by atoms with E-state index < -0.39 is 126 Å². The van der Waals surface area contributed by atoms with Gasteiger partial charge >= 0.3 is 5.97 Å². The number of hydrogen-bond acceptors (Lipinski definition) is 20. The number of ether oxygens (including phenoxy) is 6. The highest BCUT2D eigenvalue weighted by molar-refractivity contribution is 5.88. The van der Waals surface area contributed by atoms with E-state index in [0.29, 0.717) is 5.56 Å². The number of phenolic OH excluding ortho intramolecular Hbond substituents is 5. The number of aromatic hydroxyl groups is 5. The van der Waals surface area contributed by atoms with Crippen molar-refractivity contribution in [2.24, 2.45) is 0 Å². The number of hydrogen-bond donors (Lipinski definition) is 11. The van der Waals surface area contributed by atoms with Crippen LogP contribution in [-0.4, -0.2) is 144 Å². The van der Waals surface area contributed by atoms with Crippen LogP contribution in [0.1, 0.15) is 5.56 Å². The number of aliphatic hydroxyl groups excluding tert-OH is 6. The Morgan fingerprint density at radius 1 is 0.772 bits per heavy atom. The van der Waals surface area contributed by atoms with E-state index in [0.717, 1.165) is 30.3 Å². The molecule has 10 atom stereocenters. The van der Waals surface area contributed by atoms with Crippen molar-refractivity contribution in [1.29, 1.82) is 0 Å². The third-order valence-corrected chi connectivity index (χ3v) is 9.18. The van der Waals surface area contributed by atoms with Crippen LogP contribution in [0.3, 0.4) is 0 Å². The molecule has 2 fully saturated rings. The summed E-state index contributed by atoms with van der Waals surface area (Å²) in [6, 6.07) is 9.31. The van der Waals surface area contributed by atoms with Crippen LogP contribution in [0.25, 0.3) is 28.4 Å². The molecule has 0 amide bonds. The smallest absolute Gasteiger partial charge is 0.330 e. The number of carbonyl (C=O) groups excluding carboxylic acids is 1. The molecule has 20 nitrogen and oxygen atoms in total. The summed E-state index contributed by atoms with van der Waals surface area (Å²) in [6.45, 7) is -1.63. The van der Waals surface area contributed by atoms with Gasteiger partial charge in [0.25, 0.3) is 0 Å². The van der Waals surface area contributed by atoms with Gasteiger partial charge in [-0.25, -0.2) is 4.79 Å². The largest absolute Gasteiger partial charge is 0.508 e. The first-order chi connectivity index (χ1) is 27.1. The predicted octanol–water partition coefficient (Wildman–Crippen LogP) is -0.736. The van der Waals surface area contributed by atoms with Crippen LogP contribution in [0.5, 0.6) is 40.2 Å². The molecule has 2 aliphatic rings.